The van der Waals surface area contributed by atoms with E-state index in [1.165, 1.54) is 6.08 Å². The number of pyridine rings is 1. The van der Waals surface area contributed by atoms with Gasteiger partial charge in [0.2, 0.25) is 0 Å². The van der Waals surface area contributed by atoms with Crippen LogP contribution in [0.1, 0.15) is 42.6 Å². The zero-order valence-electron chi connectivity index (χ0n) is 14.8. The summed E-state index contributed by atoms with van der Waals surface area (Å²) in [7, 11) is 3.57. The van der Waals surface area contributed by atoms with Gasteiger partial charge in [0.25, 0.3) is 0 Å². The minimum atomic E-state index is -0.317. The summed E-state index contributed by atoms with van der Waals surface area (Å²) in [5.41, 5.74) is 3.95. The summed E-state index contributed by atoms with van der Waals surface area (Å²) < 4.78 is 5.89. The van der Waals surface area contributed by atoms with Gasteiger partial charge >= 0.3 is 0 Å². The Hall–Kier alpha value is -1.98. The second kappa shape index (κ2) is 6.73. The van der Waals surface area contributed by atoms with Crippen LogP contribution in [0.25, 0.3) is 5.57 Å². The van der Waals surface area contributed by atoms with Gasteiger partial charge in [-0.25, -0.2) is 4.98 Å². The van der Waals surface area contributed by atoms with Crippen molar-refractivity contribution in [3.8, 4) is 0 Å². The molecule has 0 atom stereocenters. The number of aryl methyl sites for hydroxylation is 1. The summed E-state index contributed by atoms with van der Waals surface area (Å²) in [6.45, 7) is 2.05. The molecule has 2 aliphatic rings. The number of ether oxygens (including phenoxy) is 1. The molecule has 2 heterocycles. The van der Waals surface area contributed by atoms with Crippen molar-refractivity contribution in [1.82, 2.24) is 9.88 Å². The van der Waals surface area contributed by atoms with E-state index >= 15 is 0 Å². The van der Waals surface area contributed by atoms with E-state index in [2.05, 4.69) is 6.07 Å². The van der Waals surface area contributed by atoms with Gasteiger partial charge in [-0.05, 0) is 43.5 Å². The minimum Gasteiger partial charge on any atom is -0.372 e. The number of allylic oxidation sites excluding steroid dienone is 1. The lowest BCUT2D eigenvalue weighted by Gasteiger charge is -2.27. The number of nitrogens with zero attached hydrogens (tertiary/aromatic N) is 2. The molecule has 0 unspecified atom stereocenters. The lowest BCUT2D eigenvalue weighted by molar-refractivity contribution is -0.0124. The molecule has 1 saturated carbocycles. The van der Waals surface area contributed by atoms with Gasteiger partial charge in [0.15, 0.2) is 0 Å². The Balaban J connectivity index is 2.10. The van der Waals surface area contributed by atoms with Crippen molar-refractivity contribution in [3.63, 3.8) is 0 Å². The third-order valence-corrected chi connectivity index (χ3v) is 5.12. The van der Waals surface area contributed by atoms with Crippen molar-refractivity contribution in [1.29, 1.82) is 10.8 Å². The van der Waals surface area contributed by atoms with Crippen molar-refractivity contribution in [3.05, 3.63) is 46.9 Å². The van der Waals surface area contributed by atoms with Gasteiger partial charge in [-0.3, -0.25) is 10.8 Å². The van der Waals surface area contributed by atoms with E-state index in [4.69, 9.17) is 32.1 Å². The van der Waals surface area contributed by atoms with E-state index in [0.29, 0.717) is 11.4 Å². The highest BCUT2D eigenvalue weighted by Crippen LogP contribution is 2.42. The summed E-state index contributed by atoms with van der Waals surface area (Å²) >= 11 is 5.76. The summed E-state index contributed by atoms with van der Waals surface area (Å²) in [5, 5.41) is 15.7. The molecule has 1 aromatic rings. The van der Waals surface area contributed by atoms with Crippen LogP contribution in [-0.4, -0.2) is 35.0 Å². The Kier molecular flexibility index (Phi) is 4.80. The van der Waals surface area contributed by atoms with E-state index in [-0.39, 0.29) is 10.8 Å². The van der Waals surface area contributed by atoms with E-state index in [9.17, 15) is 0 Å². The molecule has 3 rings (SSSR count). The van der Waals surface area contributed by atoms with E-state index < -0.39 is 0 Å². The zero-order chi connectivity index (χ0) is 18.2. The van der Waals surface area contributed by atoms with Crippen LogP contribution in [0.5, 0.6) is 0 Å². The number of amidine groups is 1. The van der Waals surface area contributed by atoms with E-state index in [0.717, 1.165) is 48.2 Å². The molecule has 25 heavy (non-hydrogen) atoms. The van der Waals surface area contributed by atoms with Crippen molar-refractivity contribution in [2.75, 3.05) is 14.2 Å². The standard InChI is InChI=1S/C19H23ClN4O/c1-12-8-15(14-11-24(2)18(22)13(14)10-17(20)21)23-16(9-12)19(25-3)6-4-5-7-19/h8-11,21-22H,4-7H2,1-3H3/b13-10-,21-17?,22-18?. The SMILES string of the molecule is COC1(c2cc(C)cc(C3=CN(C)C(=N)/C3=C\C(=N)Cl)n2)CCCC1. The molecule has 1 aliphatic heterocycles. The van der Waals surface area contributed by atoms with Gasteiger partial charge in [0, 0.05) is 31.5 Å². The molecule has 1 aliphatic carbocycles. The Labute approximate surface area is 153 Å². The van der Waals surface area contributed by atoms with Crippen LogP contribution in [0.2, 0.25) is 0 Å². The third-order valence-electron chi connectivity index (χ3n) is 5.01. The van der Waals surface area contributed by atoms with Crippen LogP contribution in [0.3, 0.4) is 0 Å². The Bertz CT molecular complexity index is 791. The second-order valence-corrected chi connectivity index (χ2v) is 7.14. The van der Waals surface area contributed by atoms with Crippen LogP contribution >= 0.6 is 11.6 Å². The predicted molar refractivity (Wildman–Crippen MR) is 101 cm³/mol. The molecule has 5 nitrogen and oxygen atoms in total. The number of aromatic nitrogens is 1. The van der Waals surface area contributed by atoms with E-state index in [1.54, 1.807) is 12.0 Å². The topological polar surface area (TPSA) is 73.1 Å². The molecular formula is C19H23ClN4O. The number of hydrogen-bond donors (Lipinski definition) is 2. The van der Waals surface area contributed by atoms with Gasteiger partial charge in [0.1, 0.15) is 16.6 Å². The molecule has 1 aromatic heterocycles. The number of halogens is 1. The van der Waals surface area contributed by atoms with Gasteiger partial charge in [-0.1, -0.05) is 24.4 Å². The fourth-order valence-electron chi connectivity index (χ4n) is 3.67. The number of methoxy groups -OCH3 is 1. The molecule has 0 radical (unpaired) electrons. The van der Waals surface area contributed by atoms with Gasteiger partial charge in [0.05, 0.1) is 11.4 Å². The fourth-order valence-corrected chi connectivity index (χ4v) is 3.78. The molecule has 2 N–H and O–H groups in total. The van der Waals surface area contributed by atoms with Crippen LogP contribution < -0.4 is 0 Å². The number of nitrogens with one attached hydrogen (secondary N) is 2. The molecule has 0 bridgehead atoms. The number of likely N-dealkylation sites (N-methyl/N-ethyl adjacent to an activating group) is 1. The quantitative estimate of drug-likeness (QED) is 0.792. The average Bonchev–Trinajstić information content (AvgIpc) is 3.15. The zero-order valence-corrected chi connectivity index (χ0v) is 15.6. The highest BCUT2D eigenvalue weighted by atomic mass is 35.5. The fraction of sp³-hybridized carbons (Fsp3) is 0.421. The Morgan fingerprint density at radius 1 is 1.36 bits per heavy atom. The summed E-state index contributed by atoms with van der Waals surface area (Å²) in [6.07, 6.45) is 7.61. The molecule has 0 amide bonds. The highest BCUT2D eigenvalue weighted by molar-refractivity contribution is 6.68. The maximum Gasteiger partial charge on any atom is 0.132 e. The van der Waals surface area contributed by atoms with Crippen LogP contribution in [-0.2, 0) is 10.3 Å². The first kappa shape index (κ1) is 17.8. The first-order valence-electron chi connectivity index (χ1n) is 8.41. The van der Waals surface area contributed by atoms with Crippen LogP contribution in [0.15, 0.2) is 30.0 Å². The van der Waals surface area contributed by atoms with Crippen LogP contribution in [0.4, 0.5) is 0 Å². The summed E-state index contributed by atoms with van der Waals surface area (Å²) in [6, 6.07) is 4.10. The smallest absolute Gasteiger partial charge is 0.132 e. The van der Waals surface area contributed by atoms with Crippen molar-refractivity contribution >= 4 is 28.2 Å². The molecular weight excluding hydrogens is 336 g/mol. The molecule has 132 valence electrons. The normalized spacial score (nSPS) is 21.1. The monoisotopic (exact) mass is 358 g/mol. The maximum absolute atomic E-state index is 8.23. The van der Waals surface area contributed by atoms with Crippen molar-refractivity contribution in [2.24, 2.45) is 0 Å². The molecule has 0 aromatic carbocycles. The summed E-state index contributed by atoms with van der Waals surface area (Å²) in [5.74, 6) is 0.313. The maximum atomic E-state index is 8.23. The third kappa shape index (κ3) is 3.26. The number of hydrogen-bond acceptors (Lipinski definition) is 4. The van der Waals surface area contributed by atoms with Crippen LogP contribution in [0, 0.1) is 17.7 Å². The first-order valence-corrected chi connectivity index (χ1v) is 8.78. The molecule has 1 fully saturated rings. The van der Waals surface area contributed by atoms with Gasteiger partial charge < -0.3 is 9.64 Å². The van der Waals surface area contributed by atoms with Crippen molar-refractivity contribution in [2.45, 2.75) is 38.2 Å². The number of rotatable bonds is 4. The lowest BCUT2D eigenvalue weighted by atomic mass is 9.94. The summed E-state index contributed by atoms with van der Waals surface area (Å²) in [4.78, 5) is 6.61. The predicted octanol–water partition coefficient (Wildman–Crippen LogP) is 4.21. The Morgan fingerprint density at radius 3 is 2.64 bits per heavy atom. The van der Waals surface area contributed by atoms with Gasteiger partial charge in [-0.15, -0.1) is 0 Å². The Morgan fingerprint density at radius 2 is 2.04 bits per heavy atom. The van der Waals surface area contributed by atoms with Crippen molar-refractivity contribution < 1.29 is 4.74 Å². The second-order valence-electron chi connectivity index (χ2n) is 6.73. The average molecular weight is 359 g/mol. The molecule has 0 saturated heterocycles. The highest BCUT2D eigenvalue weighted by Gasteiger charge is 2.37. The minimum absolute atomic E-state index is 0.0991. The molecule has 6 heteroatoms. The van der Waals surface area contributed by atoms with E-state index in [1.807, 2.05) is 26.2 Å². The molecule has 0 spiro atoms. The largest absolute Gasteiger partial charge is 0.372 e. The first-order chi connectivity index (χ1) is 11.9. The lowest BCUT2D eigenvalue weighted by Crippen LogP contribution is -2.26. The van der Waals surface area contributed by atoms with Gasteiger partial charge in [-0.2, -0.15) is 0 Å².